The molecule has 0 N–H and O–H groups in total. The third-order valence-electron chi connectivity index (χ3n) is 3.46. The van der Waals surface area contributed by atoms with Crippen LogP contribution in [0.5, 0.6) is 0 Å². The van der Waals surface area contributed by atoms with Gasteiger partial charge in [-0.1, -0.05) is 33.6 Å². The summed E-state index contributed by atoms with van der Waals surface area (Å²) in [5.41, 5.74) is -0.0458. The van der Waals surface area contributed by atoms with Crippen molar-refractivity contribution in [3.63, 3.8) is 0 Å². The van der Waals surface area contributed by atoms with Crippen molar-refractivity contribution in [3.8, 4) is 6.07 Å². The minimum atomic E-state index is -3.66. The Morgan fingerprint density at radius 2 is 2.00 bits per heavy atom. The Bertz CT molecular complexity index is 574. The van der Waals surface area contributed by atoms with Crippen LogP contribution in [0.25, 0.3) is 0 Å². The van der Waals surface area contributed by atoms with Gasteiger partial charge in [-0.05, 0) is 18.1 Å². The molecule has 0 amide bonds. The van der Waals surface area contributed by atoms with Gasteiger partial charge in [-0.25, -0.2) is 13.4 Å². The Balaban J connectivity index is 3.16. The minimum Gasteiger partial charge on any atom is -0.244 e. The molecule has 110 valence electrons. The molecule has 5 nitrogen and oxygen atoms in total. The number of sulfonamides is 1. The van der Waals surface area contributed by atoms with Crippen LogP contribution in [0.4, 0.5) is 0 Å². The molecule has 0 saturated carbocycles. The molecule has 0 bridgehead atoms. The van der Waals surface area contributed by atoms with Gasteiger partial charge in [0.25, 0.3) is 0 Å². The van der Waals surface area contributed by atoms with Crippen molar-refractivity contribution in [2.75, 3.05) is 13.1 Å². The zero-order chi connectivity index (χ0) is 15.2. The van der Waals surface area contributed by atoms with Gasteiger partial charge in [-0.2, -0.15) is 9.57 Å². The summed E-state index contributed by atoms with van der Waals surface area (Å²) in [7, 11) is -3.66. The molecule has 0 radical (unpaired) electrons. The average Bonchev–Trinajstić information content (AvgIpc) is 2.48. The molecule has 0 aliphatic rings. The van der Waals surface area contributed by atoms with Gasteiger partial charge in [0.2, 0.25) is 10.0 Å². The van der Waals surface area contributed by atoms with E-state index in [0.717, 1.165) is 12.8 Å². The van der Waals surface area contributed by atoms with E-state index in [2.05, 4.69) is 18.8 Å². The van der Waals surface area contributed by atoms with Crippen LogP contribution in [-0.4, -0.2) is 30.8 Å². The van der Waals surface area contributed by atoms with Gasteiger partial charge in [0.05, 0.1) is 0 Å². The third-order valence-corrected chi connectivity index (χ3v) is 5.44. The summed E-state index contributed by atoms with van der Waals surface area (Å²) in [4.78, 5) is 3.83. The van der Waals surface area contributed by atoms with Gasteiger partial charge in [-0.3, -0.25) is 0 Å². The highest BCUT2D eigenvalue weighted by Gasteiger charge is 2.27. The van der Waals surface area contributed by atoms with Gasteiger partial charge >= 0.3 is 0 Å². The molecule has 0 aliphatic carbocycles. The molecule has 6 heteroatoms. The predicted molar refractivity (Wildman–Crippen MR) is 77.5 cm³/mol. The fourth-order valence-corrected chi connectivity index (χ4v) is 3.67. The van der Waals surface area contributed by atoms with Crippen molar-refractivity contribution in [3.05, 3.63) is 24.0 Å². The topological polar surface area (TPSA) is 74.1 Å². The van der Waals surface area contributed by atoms with Crippen LogP contribution in [0, 0.1) is 17.2 Å². The van der Waals surface area contributed by atoms with E-state index < -0.39 is 10.0 Å². The molecule has 1 aromatic rings. The molecular formula is C14H21N3O2S. The van der Waals surface area contributed by atoms with Crippen molar-refractivity contribution < 1.29 is 8.42 Å². The molecule has 0 atom stereocenters. The number of hydrogen-bond donors (Lipinski definition) is 0. The lowest BCUT2D eigenvalue weighted by Gasteiger charge is -2.24. The molecular weight excluding hydrogens is 274 g/mol. The van der Waals surface area contributed by atoms with E-state index in [1.165, 1.54) is 16.6 Å². The second-order valence-electron chi connectivity index (χ2n) is 4.60. The number of nitrogens with zero attached hydrogens (tertiary/aromatic N) is 3. The Morgan fingerprint density at radius 1 is 1.35 bits per heavy atom. The van der Waals surface area contributed by atoms with Crippen LogP contribution >= 0.6 is 0 Å². The standard InChI is InChI=1S/C14H21N3O2S/c1-4-12(5-2)11-17(6-3)20(18,19)14-8-7-9-16-13(14)10-15/h7-9,12H,4-6,11H2,1-3H3. The second kappa shape index (κ2) is 7.36. The summed E-state index contributed by atoms with van der Waals surface area (Å²) >= 11 is 0. The maximum absolute atomic E-state index is 12.6. The van der Waals surface area contributed by atoms with E-state index in [1.54, 1.807) is 6.07 Å². The Hall–Kier alpha value is -1.45. The number of pyridine rings is 1. The van der Waals surface area contributed by atoms with Gasteiger partial charge < -0.3 is 0 Å². The molecule has 20 heavy (non-hydrogen) atoms. The average molecular weight is 295 g/mol. The van der Waals surface area contributed by atoms with Gasteiger partial charge in [-0.15, -0.1) is 0 Å². The van der Waals surface area contributed by atoms with Crippen LogP contribution in [0.1, 0.15) is 39.3 Å². The van der Waals surface area contributed by atoms with E-state index in [9.17, 15) is 8.42 Å². The summed E-state index contributed by atoms with van der Waals surface area (Å²) in [6.07, 6.45) is 3.29. The quantitative estimate of drug-likeness (QED) is 0.774. The Morgan fingerprint density at radius 3 is 2.50 bits per heavy atom. The molecule has 0 aromatic carbocycles. The highest BCUT2D eigenvalue weighted by Crippen LogP contribution is 2.20. The van der Waals surface area contributed by atoms with Crippen LogP contribution in [0.2, 0.25) is 0 Å². The summed E-state index contributed by atoms with van der Waals surface area (Å²) in [6.45, 7) is 6.78. The van der Waals surface area contributed by atoms with Crippen LogP contribution in [-0.2, 0) is 10.0 Å². The van der Waals surface area contributed by atoms with E-state index in [4.69, 9.17) is 5.26 Å². The summed E-state index contributed by atoms with van der Waals surface area (Å²) < 4.78 is 26.7. The Labute approximate surface area is 121 Å². The maximum Gasteiger partial charge on any atom is 0.245 e. The normalized spacial score (nSPS) is 11.8. The zero-order valence-corrected chi connectivity index (χ0v) is 13.0. The summed E-state index contributed by atoms with van der Waals surface area (Å²) in [5, 5.41) is 9.02. The van der Waals surface area contributed by atoms with Gasteiger partial charge in [0.15, 0.2) is 5.69 Å². The first-order valence-electron chi connectivity index (χ1n) is 6.86. The molecule has 1 heterocycles. The first kappa shape index (κ1) is 16.6. The SMILES string of the molecule is CCC(CC)CN(CC)S(=O)(=O)c1cccnc1C#N. The van der Waals surface area contributed by atoms with Crippen LogP contribution < -0.4 is 0 Å². The molecule has 0 aliphatic heterocycles. The van der Waals surface area contributed by atoms with Crippen molar-refractivity contribution >= 4 is 10.0 Å². The van der Waals surface area contributed by atoms with E-state index in [-0.39, 0.29) is 10.6 Å². The lowest BCUT2D eigenvalue weighted by atomic mass is 10.0. The van der Waals surface area contributed by atoms with E-state index in [0.29, 0.717) is 19.0 Å². The minimum absolute atomic E-state index is 0.00435. The number of hydrogen-bond acceptors (Lipinski definition) is 4. The zero-order valence-electron chi connectivity index (χ0n) is 12.2. The maximum atomic E-state index is 12.6. The monoisotopic (exact) mass is 295 g/mol. The number of aromatic nitrogens is 1. The number of nitriles is 1. The predicted octanol–water partition coefficient (Wildman–Crippen LogP) is 2.40. The summed E-state index contributed by atoms with van der Waals surface area (Å²) in [5.74, 6) is 0.326. The molecule has 1 aromatic heterocycles. The molecule has 0 saturated heterocycles. The van der Waals surface area contributed by atoms with Crippen LogP contribution in [0.3, 0.4) is 0 Å². The third kappa shape index (κ3) is 3.56. The Kier molecular flexibility index (Phi) is 6.11. The first-order valence-corrected chi connectivity index (χ1v) is 8.30. The summed E-state index contributed by atoms with van der Waals surface area (Å²) in [6, 6.07) is 4.83. The molecule has 0 spiro atoms. The number of rotatable bonds is 7. The smallest absolute Gasteiger partial charge is 0.244 e. The lowest BCUT2D eigenvalue weighted by molar-refractivity contribution is 0.339. The van der Waals surface area contributed by atoms with Crippen molar-refractivity contribution in [1.82, 2.24) is 9.29 Å². The highest BCUT2D eigenvalue weighted by atomic mass is 32.2. The first-order chi connectivity index (χ1) is 9.51. The largest absolute Gasteiger partial charge is 0.245 e. The van der Waals surface area contributed by atoms with Crippen molar-refractivity contribution in [2.24, 2.45) is 5.92 Å². The fraction of sp³-hybridized carbons (Fsp3) is 0.571. The molecule has 1 rings (SSSR count). The van der Waals surface area contributed by atoms with Crippen molar-refractivity contribution in [1.29, 1.82) is 5.26 Å². The van der Waals surface area contributed by atoms with E-state index >= 15 is 0 Å². The fourth-order valence-electron chi connectivity index (χ4n) is 2.05. The van der Waals surface area contributed by atoms with Gasteiger partial charge in [0, 0.05) is 19.3 Å². The van der Waals surface area contributed by atoms with Crippen molar-refractivity contribution in [2.45, 2.75) is 38.5 Å². The molecule has 0 unspecified atom stereocenters. The molecule has 0 fully saturated rings. The lowest BCUT2D eigenvalue weighted by Crippen LogP contribution is -2.35. The van der Waals surface area contributed by atoms with Crippen LogP contribution in [0.15, 0.2) is 23.2 Å². The van der Waals surface area contributed by atoms with E-state index in [1.807, 2.05) is 13.0 Å². The highest BCUT2D eigenvalue weighted by molar-refractivity contribution is 7.89. The van der Waals surface area contributed by atoms with Gasteiger partial charge in [0.1, 0.15) is 11.0 Å². The second-order valence-corrected chi connectivity index (χ2v) is 6.51.